The third-order valence-electron chi connectivity index (χ3n) is 5.63. The van der Waals surface area contributed by atoms with E-state index in [-0.39, 0.29) is 27.8 Å². The van der Waals surface area contributed by atoms with Crippen molar-refractivity contribution in [2.75, 3.05) is 5.73 Å². The molecule has 1 unspecified atom stereocenters. The van der Waals surface area contributed by atoms with E-state index >= 15 is 0 Å². The van der Waals surface area contributed by atoms with Crippen LogP contribution in [0.25, 0.3) is 21.8 Å². The molecule has 1 atom stereocenters. The summed E-state index contributed by atoms with van der Waals surface area (Å²) in [5.74, 6) is -0.167. The van der Waals surface area contributed by atoms with E-state index in [1.165, 1.54) is 16.8 Å². The number of benzene rings is 1. The van der Waals surface area contributed by atoms with Crippen molar-refractivity contribution in [1.29, 1.82) is 0 Å². The monoisotopic (exact) mass is 387 g/mol. The third-order valence-corrected chi connectivity index (χ3v) is 5.63. The summed E-state index contributed by atoms with van der Waals surface area (Å²) in [6.45, 7) is 3.44. The number of amides is 1. The van der Waals surface area contributed by atoms with Crippen molar-refractivity contribution in [3.8, 4) is 0 Å². The first-order chi connectivity index (χ1) is 13.8. The number of pyridine rings is 3. The maximum Gasteiger partial charge on any atom is 0.277 e. The smallest absolute Gasteiger partial charge is 0.277 e. The molecular formula is C21H17N5O3. The van der Waals surface area contributed by atoms with Crippen LogP contribution in [0.5, 0.6) is 0 Å². The number of aromatic nitrogens is 3. The largest absolute Gasteiger partial charge is 0.384 e. The van der Waals surface area contributed by atoms with E-state index in [2.05, 4.69) is 15.3 Å². The average molecular weight is 387 g/mol. The summed E-state index contributed by atoms with van der Waals surface area (Å²) in [4.78, 5) is 46.6. The van der Waals surface area contributed by atoms with Crippen molar-refractivity contribution in [1.82, 2.24) is 19.9 Å². The van der Waals surface area contributed by atoms with Crippen LogP contribution in [0.2, 0.25) is 0 Å². The number of carbonyl (C=O) groups excluding carboxylic acids is 1. The number of aromatic amines is 1. The van der Waals surface area contributed by atoms with Crippen molar-refractivity contribution in [3.63, 3.8) is 0 Å². The summed E-state index contributed by atoms with van der Waals surface area (Å²) in [5.41, 5.74) is 5.78. The van der Waals surface area contributed by atoms with E-state index in [0.29, 0.717) is 16.5 Å². The molecule has 1 amide bonds. The number of anilines is 1. The molecule has 1 aliphatic heterocycles. The summed E-state index contributed by atoms with van der Waals surface area (Å²) in [6, 6.07) is 10.8. The molecule has 0 saturated heterocycles. The number of rotatable bonds is 1. The first-order valence-corrected chi connectivity index (χ1v) is 9.08. The molecule has 0 saturated carbocycles. The van der Waals surface area contributed by atoms with Gasteiger partial charge in [0.2, 0.25) is 0 Å². The van der Waals surface area contributed by atoms with Crippen molar-refractivity contribution in [2.45, 2.75) is 19.5 Å². The minimum absolute atomic E-state index is 0.132. The molecule has 1 aliphatic rings. The van der Waals surface area contributed by atoms with Gasteiger partial charge < -0.3 is 16.0 Å². The van der Waals surface area contributed by atoms with Crippen molar-refractivity contribution in [2.24, 2.45) is 0 Å². The van der Waals surface area contributed by atoms with Crippen LogP contribution < -0.4 is 22.0 Å². The number of nitrogens with zero attached hydrogens (tertiary/aromatic N) is 2. The lowest BCUT2D eigenvalue weighted by Gasteiger charge is -2.28. The van der Waals surface area contributed by atoms with Crippen LogP contribution in [0.3, 0.4) is 0 Å². The molecule has 4 N–H and O–H groups in total. The fourth-order valence-corrected chi connectivity index (χ4v) is 4.22. The Hall–Kier alpha value is -3.94. The summed E-state index contributed by atoms with van der Waals surface area (Å²) < 4.78 is 1.43. The Morgan fingerprint density at radius 1 is 1.14 bits per heavy atom. The van der Waals surface area contributed by atoms with Gasteiger partial charge in [-0.3, -0.25) is 19.0 Å². The highest BCUT2D eigenvalue weighted by Crippen LogP contribution is 2.31. The van der Waals surface area contributed by atoms with E-state index in [1.807, 2.05) is 30.3 Å². The lowest BCUT2D eigenvalue weighted by molar-refractivity contribution is 0.0941. The molecule has 1 aromatic carbocycles. The predicted octanol–water partition coefficient (Wildman–Crippen LogP) is 1.59. The highest BCUT2D eigenvalue weighted by molar-refractivity contribution is 6.03. The minimum Gasteiger partial charge on any atom is -0.384 e. The van der Waals surface area contributed by atoms with Gasteiger partial charge in [-0.05, 0) is 25.0 Å². The van der Waals surface area contributed by atoms with Gasteiger partial charge in [0.1, 0.15) is 22.7 Å². The Kier molecular flexibility index (Phi) is 3.28. The maximum atomic E-state index is 13.5. The highest BCUT2D eigenvalue weighted by atomic mass is 16.2. The number of H-pyrrole nitrogens is 1. The van der Waals surface area contributed by atoms with Crippen molar-refractivity contribution < 1.29 is 4.79 Å². The molecule has 29 heavy (non-hydrogen) atoms. The molecule has 0 fully saturated rings. The van der Waals surface area contributed by atoms with Gasteiger partial charge in [-0.1, -0.05) is 30.3 Å². The van der Waals surface area contributed by atoms with Gasteiger partial charge in [-0.25, -0.2) is 4.98 Å². The minimum atomic E-state index is -1.08. The molecule has 0 bridgehead atoms. The van der Waals surface area contributed by atoms with Gasteiger partial charge in [0.25, 0.3) is 11.5 Å². The lowest BCUT2D eigenvalue weighted by Crippen LogP contribution is -2.46. The van der Waals surface area contributed by atoms with Crippen LogP contribution >= 0.6 is 0 Å². The summed E-state index contributed by atoms with van der Waals surface area (Å²) in [6.07, 6.45) is 1.38. The summed E-state index contributed by atoms with van der Waals surface area (Å²) in [5, 5.41) is 3.41. The molecule has 0 spiro atoms. The lowest BCUT2D eigenvalue weighted by atomic mass is 10.0. The number of nitrogens with one attached hydrogen (secondary N) is 2. The number of hydrogen-bond donors (Lipinski definition) is 3. The Bertz CT molecular complexity index is 1470. The number of fused-ring (bicyclic) bond motifs is 3. The maximum absolute atomic E-state index is 13.5. The van der Waals surface area contributed by atoms with Crippen LogP contribution in [-0.2, 0) is 5.66 Å². The Morgan fingerprint density at radius 2 is 1.86 bits per heavy atom. The van der Waals surface area contributed by atoms with Gasteiger partial charge in [0.15, 0.2) is 5.43 Å². The predicted molar refractivity (Wildman–Crippen MR) is 110 cm³/mol. The highest BCUT2D eigenvalue weighted by Gasteiger charge is 2.43. The van der Waals surface area contributed by atoms with Gasteiger partial charge in [-0.2, -0.15) is 0 Å². The Morgan fingerprint density at radius 3 is 2.59 bits per heavy atom. The van der Waals surface area contributed by atoms with Crippen LogP contribution in [0.1, 0.15) is 28.5 Å². The zero-order valence-electron chi connectivity index (χ0n) is 15.7. The van der Waals surface area contributed by atoms with Crippen molar-refractivity contribution in [3.05, 3.63) is 80.0 Å². The zero-order valence-corrected chi connectivity index (χ0v) is 15.7. The second-order valence-corrected chi connectivity index (χ2v) is 7.37. The van der Waals surface area contributed by atoms with Crippen molar-refractivity contribution >= 4 is 33.5 Å². The van der Waals surface area contributed by atoms with E-state index in [9.17, 15) is 14.4 Å². The Balaban J connectivity index is 1.98. The molecule has 4 aromatic rings. The number of aryl methyl sites for hydroxylation is 1. The van der Waals surface area contributed by atoms with Crippen LogP contribution in [0.4, 0.5) is 5.82 Å². The fraction of sp³-hybridized carbons (Fsp3) is 0.143. The summed E-state index contributed by atoms with van der Waals surface area (Å²) >= 11 is 0. The topological polar surface area (TPSA) is 123 Å². The number of carbonyl (C=O) groups is 1. The molecule has 4 heterocycles. The zero-order chi connectivity index (χ0) is 20.5. The van der Waals surface area contributed by atoms with Crippen LogP contribution in [0.15, 0.2) is 52.2 Å². The SMILES string of the molecule is Cc1c2n(c(=O)c3[nH]c4cc(N)ncc4c(=O)c13)C(C)(c1ccccc1)NC2=O. The first kappa shape index (κ1) is 17.2. The summed E-state index contributed by atoms with van der Waals surface area (Å²) in [7, 11) is 0. The van der Waals surface area contributed by atoms with Gasteiger partial charge in [-0.15, -0.1) is 0 Å². The van der Waals surface area contributed by atoms with Crippen LogP contribution in [-0.4, -0.2) is 20.4 Å². The number of nitrogen functional groups attached to an aromatic ring is 1. The average Bonchev–Trinajstić information content (AvgIpc) is 2.98. The first-order valence-electron chi connectivity index (χ1n) is 9.08. The number of hydrogen-bond acceptors (Lipinski definition) is 5. The Labute approximate surface area is 164 Å². The number of nitrogens with two attached hydrogens (primary N) is 1. The molecular weight excluding hydrogens is 370 g/mol. The van der Waals surface area contributed by atoms with E-state index in [0.717, 1.165) is 5.56 Å². The fourth-order valence-electron chi connectivity index (χ4n) is 4.22. The standard InChI is InChI=1S/C21H17N5O3/c1-10-15-16(24-13-8-14(22)23-9-12(13)18(15)27)20(29)26-17(10)19(28)25-21(26,2)11-6-4-3-5-7-11/h3-9H,1-2H3,(H2,22,23)(H,24,27)(H,25,28). The van der Waals surface area contributed by atoms with Crippen LogP contribution in [0, 0.1) is 6.92 Å². The molecule has 0 radical (unpaired) electrons. The molecule has 3 aromatic heterocycles. The van der Waals surface area contributed by atoms with E-state index in [4.69, 9.17) is 5.73 Å². The molecule has 8 nitrogen and oxygen atoms in total. The third kappa shape index (κ3) is 2.13. The van der Waals surface area contributed by atoms with Gasteiger partial charge in [0.05, 0.1) is 16.3 Å². The van der Waals surface area contributed by atoms with Gasteiger partial charge in [0, 0.05) is 12.3 Å². The second kappa shape index (κ2) is 5.54. The van der Waals surface area contributed by atoms with E-state index < -0.39 is 17.1 Å². The quantitative estimate of drug-likeness (QED) is 0.428. The second-order valence-electron chi connectivity index (χ2n) is 7.37. The van der Waals surface area contributed by atoms with Gasteiger partial charge >= 0.3 is 0 Å². The van der Waals surface area contributed by atoms with E-state index in [1.54, 1.807) is 13.8 Å². The molecule has 144 valence electrons. The normalized spacial score (nSPS) is 18.2. The molecule has 0 aliphatic carbocycles. The molecule has 8 heteroatoms. The molecule has 5 rings (SSSR count).